The number of fused-ring (bicyclic) bond motifs is 1. The summed E-state index contributed by atoms with van der Waals surface area (Å²) >= 11 is 4.09. The van der Waals surface area contributed by atoms with Gasteiger partial charge in [0.05, 0.1) is 18.4 Å². The lowest BCUT2D eigenvalue weighted by molar-refractivity contribution is -0.140. The third kappa shape index (κ3) is 14.5. The van der Waals surface area contributed by atoms with Crippen molar-refractivity contribution in [1.82, 2.24) is 51.8 Å². The minimum atomic E-state index is -1.51. The summed E-state index contributed by atoms with van der Waals surface area (Å²) in [5.74, 6) is -7.31. The molecule has 0 saturated heterocycles. The number of aromatic nitrogens is 4. The summed E-state index contributed by atoms with van der Waals surface area (Å²) < 4.78 is 0. The molecule has 0 spiro atoms. The minimum Gasteiger partial charge on any atom is -0.480 e. The Hall–Kier alpha value is -7.05. The summed E-state index contributed by atoms with van der Waals surface area (Å²) in [4.78, 5) is 114. The van der Waals surface area contributed by atoms with Gasteiger partial charge in [-0.15, -0.1) is 0 Å². The van der Waals surface area contributed by atoms with Gasteiger partial charge in [-0.3, -0.25) is 44.0 Å². The number of aliphatic carboxylic acids is 2. The molecule has 0 aliphatic rings. The molecule has 312 valence electrons. The van der Waals surface area contributed by atoms with E-state index in [1.54, 1.807) is 12.1 Å². The maximum absolute atomic E-state index is 13.3. The first-order valence-electron chi connectivity index (χ1n) is 17.4. The van der Waals surface area contributed by atoms with E-state index in [2.05, 4.69) is 69.8 Å². The molecule has 3 rings (SSSR count). The molecule has 3 aromatic rings. The second-order valence-electron chi connectivity index (χ2n) is 12.5. The van der Waals surface area contributed by atoms with Crippen molar-refractivity contribution in [1.29, 1.82) is 5.41 Å². The number of hydrogen-bond donors (Lipinski definition) is 14. The molecule has 0 aliphatic carbocycles. The van der Waals surface area contributed by atoms with Crippen LogP contribution in [0.15, 0.2) is 35.3 Å². The molecule has 1 aromatic carbocycles. The monoisotopic (exact) mass is 828 g/mol. The van der Waals surface area contributed by atoms with Gasteiger partial charge in [-0.1, -0.05) is 0 Å². The van der Waals surface area contributed by atoms with Gasteiger partial charge in [-0.2, -0.15) is 17.6 Å². The Morgan fingerprint density at radius 3 is 2.22 bits per heavy atom. The van der Waals surface area contributed by atoms with Crippen LogP contribution in [-0.4, -0.2) is 121 Å². The van der Waals surface area contributed by atoms with E-state index in [1.807, 2.05) is 0 Å². The highest BCUT2D eigenvalue weighted by molar-refractivity contribution is 7.80. The Kier molecular flexibility index (Phi) is 17.1. The topological polar surface area (TPSA) is 392 Å². The number of nitrogen functional groups attached to an aromatic ring is 1. The average molecular weight is 829 g/mol. The molecule has 2 unspecified atom stereocenters. The van der Waals surface area contributed by atoms with Crippen LogP contribution in [0.2, 0.25) is 0 Å². The van der Waals surface area contributed by atoms with Crippen LogP contribution in [0.5, 0.6) is 0 Å². The number of carboxylic acids is 2. The van der Waals surface area contributed by atoms with Gasteiger partial charge < -0.3 is 58.9 Å². The summed E-state index contributed by atoms with van der Waals surface area (Å²) in [6.45, 7) is 0.923. The molecule has 24 nitrogen and oxygen atoms in total. The Morgan fingerprint density at radius 2 is 1.59 bits per heavy atom. The van der Waals surface area contributed by atoms with Crippen LogP contribution < -0.4 is 54.2 Å². The number of guanidine groups is 1. The van der Waals surface area contributed by atoms with Crippen LogP contribution in [0.1, 0.15) is 48.7 Å². The molecule has 25 heteroatoms. The van der Waals surface area contributed by atoms with Gasteiger partial charge in [0.1, 0.15) is 30.7 Å². The van der Waals surface area contributed by atoms with E-state index in [0.717, 1.165) is 0 Å². The van der Waals surface area contributed by atoms with Crippen LogP contribution >= 0.6 is 12.6 Å². The molecule has 0 fully saturated rings. The largest absolute Gasteiger partial charge is 0.480 e. The van der Waals surface area contributed by atoms with Gasteiger partial charge in [-0.05, 0) is 50.5 Å². The van der Waals surface area contributed by atoms with Crippen molar-refractivity contribution in [2.45, 2.75) is 63.3 Å². The average Bonchev–Trinajstić information content (AvgIpc) is 3.17. The first-order valence-corrected chi connectivity index (χ1v) is 18.1. The smallest absolute Gasteiger partial charge is 0.326 e. The number of anilines is 2. The van der Waals surface area contributed by atoms with Gasteiger partial charge in [0.15, 0.2) is 17.1 Å². The van der Waals surface area contributed by atoms with E-state index >= 15 is 0 Å². The van der Waals surface area contributed by atoms with Gasteiger partial charge in [-0.25, -0.2) is 14.8 Å². The van der Waals surface area contributed by atoms with E-state index < -0.39 is 84.2 Å². The second kappa shape index (κ2) is 21.9. The van der Waals surface area contributed by atoms with Crippen molar-refractivity contribution in [2.75, 3.05) is 29.9 Å². The molecule has 0 bridgehead atoms. The van der Waals surface area contributed by atoms with Crippen LogP contribution in [0.25, 0.3) is 11.2 Å². The number of thiol groups is 1. The SMILES string of the molecule is CC(NC(=O)[C@H](CS)NC(=O)[C@H](CCCNC(=N)N)NC(=O)CCC(NC(=O)c1ccc(NCc2cnc3nc(N)[nH]c(=O)c3n2)cc1)C(=O)O)C(=O)NCC(=O)O. The van der Waals surface area contributed by atoms with Crippen LogP contribution in [0.4, 0.5) is 11.6 Å². The van der Waals surface area contributed by atoms with Gasteiger partial charge in [0.2, 0.25) is 29.6 Å². The Morgan fingerprint density at radius 1 is 0.897 bits per heavy atom. The minimum absolute atomic E-state index is 0.00675. The standard InChI is InChI=1S/C33H44N14O10S/c1-15(26(51)40-13-23(49)50)41-29(54)21(14-58)45-28(53)19(3-2-10-37-32(34)35)43-22(48)9-8-20(31(56)57)44-27(52)16-4-6-17(7-5-16)38-11-18-12-39-25-24(42-18)30(55)47-33(36)46-25/h4-7,12,15,19-21,38,58H,2-3,8-11,13-14H2,1H3,(H,40,51)(H,41,54)(H,43,48)(H,44,52)(H,45,53)(H,49,50)(H,56,57)(H4,34,35,37)(H3,36,39,46,47,55)/t15?,19-,20?,21-/m0/s1. The third-order valence-electron chi connectivity index (χ3n) is 7.99. The molecular weight excluding hydrogens is 785 g/mol. The highest BCUT2D eigenvalue weighted by atomic mass is 32.1. The van der Waals surface area contributed by atoms with E-state index in [0.29, 0.717) is 11.4 Å². The zero-order chi connectivity index (χ0) is 42.9. The summed E-state index contributed by atoms with van der Waals surface area (Å²) in [7, 11) is 0. The predicted octanol–water partition coefficient (Wildman–Crippen LogP) is -3.26. The molecule has 0 aliphatic heterocycles. The summed E-state index contributed by atoms with van der Waals surface area (Å²) in [6.07, 6.45) is 0.806. The lowest BCUT2D eigenvalue weighted by Gasteiger charge is -2.24. The van der Waals surface area contributed by atoms with Gasteiger partial charge >= 0.3 is 11.9 Å². The van der Waals surface area contributed by atoms with Gasteiger partial charge in [0, 0.05) is 30.0 Å². The van der Waals surface area contributed by atoms with E-state index in [-0.39, 0.29) is 66.7 Å². The number of nitrogens with zero attached hydrogens (tertiary/aromatic N) is 3. The molecule has 2 heterocycles. The Bertz CT molecular complexity index is 2070. The third-order valence-corrected chi connectivity index (χ3v) is 8.35. The number of carbonyl (C=O) groups excluding carboxylic acids is 5. The number of amides is 5. The molecule has 5 amide bonds. The van der Waals surface area contributed by atoms with E-state index in [4.69, 9.17) is 22.0 Å². The zero-order valence-electron chi connectivity index (χ0n) is 31.0. The molecule has 0 saturated carbocycles. The zero-order valence-corrected chi connectivity index (χ0v) is 31.9. The van der Waals surface area contributed by atoms with E-state index in [9.17, 15) is 43.5 Å². The number of benzene rings is 1. The summed E-state index contributed by atoms with van der Waals surface area (Å²) in [5, 5.41) is 43.2. The highest BCUT2D eigenvalue weighted by Crippen LogP contribution is 2.13. The Labute approximate surface area is 334 Å². The number of carboxylic acid groups (broad SMARTS) is 2. The fourth-order valence-electron chi connectivity index (χ4n) is 4.99. The van der Waals surface area contributed by atoms with Crippen molar-refractivity contribution in [3.63, 3.8) is 0 Å². The predicted molar refractivity (Wildman–Crippen MR) is 209 cm³/mol. The summed E-state index contributed by atoms with van der Waals surface area (Å²) in [5.41, 5.74) is 11.4. The number of nitrogens with one attached hydrogen (secondary N) is 9. The molecule has 15 N–H and O–H groups in total. The molecule has 0 radical (unpaired) electrons. The molecular formula is C33H44N14O10S. The van der Waals surface area contributed by atoms with Crippen LogP contribution in [0.3, 0.4) is 0 Å². The molecule has 4 atom stereocenters. The lowest BCUT2D eigenvalue weighted by Crippen LogP contribution is -2.57. The molecule has 58 heavy (non-hydrogen) atoms. The fourth-order valence-corrected chi connectivity index (χ4v) is 5.25. The number of carbonyl (C=O) groups is 7. The highest BCUT2D eigenvalue weighted by Gasteiger charge is 2.29. The normalized spacial score (nSPS) is 12.8. The van der Waals surface area contributed by atoms with E-state index in [1.165, 1.54) is 25.3 Å². The van der Waals surface area contributed by atoms with Crippen molar-refractivity contribution >= 4 is 82.9 Å². The molecule has 2 aromatic heterocycles. The quantitative estimate of drug-likeness (QED) is 0.0204. The van der Waals surface area contributed by atoms with Crippen LogP contribution in [-0.2, 0) is 35.3 Å². The van der Waals surface area contributed by atoms with Crippen molar-refractivity contribution < 1.29 is 43.8 Å². The number of hydrogen-bond acceptors (Lipinski definition) is 15. The number of H-pyrrole nitrogens is 1. The van der Waals surface area contributed by atoms with Crippen molar-refractivity contribution in [3.8, 4) is 0 Å². The maximum atomic E-state index is 13.3. The van der Waals surface area contributed by atoms with Crippen molar-refractivity contribution in [2.24, 2.45) is 5.73 Å². The maximum Gasteiger partial charge on any atom is 0.326 e. The van der Waals surface area contributed by atoms with Crippen LogP contribution in [0, 0.1) is 5.41 Å². The second-order valence-corrected chi connectivity index (χ2v) is 12.9. The Balaban J connectivity index is 1.57. The first-order chi connectivity index (χ1) is 27.5. The number of rotatable bonds is 22. The summed E-state index contributed by atoms with van der Waals surface area (Å²) in [6, 6.07) is 0.756. The number of nitrogens with two attached hydrogens (primary N) is 2. The van der Waals surface area contributed by atoms with Crippen molar-refractivity contribution in [3.05, 3.63) is 52.1 Å². The van der Waals surface area contributed by atoms with Gasteiger partial charge in [0.25, 0.3) is 11.5 Å². The lowest BCUT2D eigenvalue weighted by atomic mass is 10.1. The first kappa shape index (κ1) is 45.3. The number of aromatic amines is 1. The fraction of sp³-hybridized carbons (Fsp3) is 0.394.